The third kappa shape index (κ3) is 3.36. The van der Waals surface area contributed by atoms with E-state index in [4.69, 9.17) is 10.3 Å². The fourth-order valence-corrected chi connectivity index (χ4v) is 2.43. The van der Waals surface area contributed by atoms with Crippen molar-refractivity contribution in [1.82, 2.24) is 20.1 Å². The van der Waals surface area contributed by atoms with Gasteiger partial charge < -0.3 is 15.2 Å². The van der Waals surface area contributed by atoms with Crippen molar-refractivity contribution in [2.75, 3.05) is 0 Å². The predicted octanol–water partition coefficient (Wildman–Crippen LogP) is 2.55. The van der Waals surface area contributed by atoms with Crippen molar-refractivity contribution in [1.29, 1.82) is 0 Å². The summed E-state index contributed by atoms with van der Waals surface area (Å²) in [7, 11) is 0. The first-order valence-corrected chi connectivity index (χ1v) is 8.04. The highest BCUT2D eigenvalue weighted by Gasteiger charge is 2.22. The van der Waals surface area contributed by atoms with Crippen molar-refractivity contribution in [2.45, 2.75) is 39.7 Å². The van der Waals surface area contributed by atoms with Crippen LogP contribution in [0.3, 0.4) is 0 Å². The van der Waals surface area contributed by atoms with Crippen molar-refractivity contribution in [2.24, 2.45) is 5.73 Å². The van der Waals surface area contributed by atoms with Gasteiger partial charge in [-0.3, -0.25) is 4.79 Å². The number of aromatic nitrogens is 4. The molecule has 0 fully saturated rings. The average Bonchev–Trinajstić information content (AvgIpc) is 3.03. The predicted molar refractivity (Wildman–Crippen MR) is 94.9 cm³/mol. The zero-order valence-corrected chi connectivity index (χ0v) is 14.8. The second-order valence-electron chi connectivity index (χ2n) is 6.95. The number of hydrogen-bond donors (Lipinski definition) is 2. The highest BCUT2D eigenvalue weighted by molar-refractivity contribution is 5.60. The second kappa shape index (κ2) is 6.25. The maximum absolute atomic E-state index is 12.5. The minimum Gasteiger partial charge on any atom is -0.333 e. The molecule has 0 saturated heterocycles. The van der Waals surface area contributed by atoms with E-state index in [1.807, 2.05) is 45.0 Å². The van der Waals surface area contributed by atoms with Crippen LogP contribution < -0.4 is 11.3 Å². The van der Waals surface area contributed by atoms with E-state index in [2.05, 4.69) is 20.1 Å². The fourth-order valence-electron chi connectivity index (χ4n) is 2.43. The van der Waals surface area contributed by atoms with E-state index in [0.717, 1.165) is 11.1 Å². The van der Waals surface area contributed by atoms with Gasteiger partial charge in [0.05, 0.1) is 5.69 Å². The molecule has 130 valence electrons. The van der Waals surface area contributed by atoms with E-state index in [-0.39, 0.29) is 16.9 Å². The topological polar surface area (TPSA) is 111 Å². The lowest BCUT2D eigenvalue weighted by Crippen LogP contribution is -2.24. The SMILES string of the molecule is Cc1nc(C(C)(C)C)[nH]c(=O)c1-c1nc(-c2ccc(CN)cc2)no1. The number of aryl methyl sites for hydroxylation is 1. The van der Waals surface area contributed by atoms with Crippen molar-refractivity contribution >= 4 is 0 Å². The summed E-state index contributed by atoms with van der Waals surface area (Å²) in [4.78, 5) is 24.2. The molecular formula is C18H21N5O2. The molecule has 0 bridgehead atoms. The van der Waals surface area contributed by atoms with E-state index in [9.17, 15) is 4.79 Å². The standard InChI is InChI=1S/C18H21N5O2/c1-10-13(15(24)22-17(20-10)18(2,3)4)16-21-14(23-25-16)12-7-5-11(9-19)6-8-12/h5-8H,9,19H2,1-4H3,(H,20,22,24). The molecule has 7 heteroatoms. The zero-order chi connectivity index (χ0) is 18.2. The van der Waals surface area contributed by atoms with Crippen molar-refractivity contribution in [3.8, 4) is 22.8 Å². The third-order valence-corrected chi connectivity index (χ3v) is 3.90. The Bertz CT molecular complexity index is 949. The van der Waals surface area contributed by atoms with Gasteiger partial charge in [-0.15, -0.1) is 0 Å². The number of nitrogens with zero attached hydrogens (tertiary/aromatic N) is 3. The lowest BCUT2D eigenvalue weighted by atomic mass is 9.95. The van der Waals surface area contributed by atoms with Crippen LogP contribution in [0.4, 0.5) is 0 Å². The van der Waals surface area contributed by atoms with Crippen LogP contribution in [0.1, 0.15) is 37.9 Å². The van der Waals surface area contributed by atoms with Gasteiger partial charge in [0, 0.05) is 17.5 Å². The van der Waals surface area contributed by atoms with Crippen LogP contribution in [0.15, 0.2) is 33.6 Å². The summed E-state index contributed by atoms with van der Waals surface area (Å²) in [6, 6.07) is 7.55. The molecule has 0 radical (unpaired) electrons. The summed E-state index contributed by atoms with van der Waals surface area (Å²) in [5.74, 6) is 1.19. The van der Waals surface area contributed by atoms with Crippen LogP contribution in [0.2, 0.25) is 0 Å². The smallest absolute Gasteiger partial charge is 0.265 e. The van der Waals surface area contributed by atoms with Crippen LogP contribution in [-0.2, 0) is 12.0 Å². The minimum absolute atomic E-state index is 0.157. The minimum atomic E-state index is -0.286. The van der Waals surface area contributed by atoms with Gasteiger partial charge >= 0.3 is 0 Å². The van der Waals surface area contributed by atoms with Crippen molar-refractivity contribution < 1.29 is 4.52 Å². The number of hydrogen-bond acceptors (Lipinski definition) is 6. The van der Waals surface area contributed by atoms with Crippen LogP contribution in [-0.4, -0.2) is 20.1 Å². The molecule has 0 atom stereocenters. The number of rotatable bonds is 3. The maximum atomic E-state index is 12.5. The molecule has 0 saturated carbocycles. The second-order valence-corrected chi connectivity index (χ2v) is 6.95. The highest BCUT2D eigenvalue weighted by atomic mass is 16.5. The van der Waals surface area contributed by atoms with E-state index in [0.29, 0.717) is 29.5 Å². The summed E-state index contributed by atoms with van der Waals surface area (Å²) in [6.45, 7) is 8.19. The number of nitrogens with one attached hydrogen (secondary N) is 1. The van der Waals surface area contributed by atoms with Crippen LogP contribution in [0.25, 0.3) is 22.8 Å². The Hall–Kier alpha value is -2.80. The van der Waals surface area contributed by atoms with Gasteiger partial charge in [-0.25, -0.2) is 4.98 Å². The first-order valence-electron chi connectivity index (χ1n) is 8.04. The lowest BCUT2D eigenvalue weighted by Gasteiger charge is -2.17. The summed E-state index contributed by atoms with van der Waals surface area (Å²) >= 11 is 0. The van der Waals surface area contributed by atoms with Crippen LogP contribution in [0.5, 0.6) is 0 Å². The van der Waals surface area contributed by atoms with Crippen molar-refractivity contribution in [3.05, 3.63) is 51.7 Å². The molecule has 25 heavy (non-hydrogen) atoms. The molecule has 0 amide bonds. The molecule has 0 unspecified atom stereocenters. The van der Waals surface area contributed by atoms with E-state index < -0.39 is 0 Å². The van der Waals surface area contributed by atoms with Crippen LogP contribution in [0, 0.1) is 6.92 Å². The van der Waals surface area contributed by atoms with Gasteiger partial charge in [-0.05, 0) is 12.5 Å². The molecular weight excluding hydrogens is 318 g/mol. The molecule has 2 aromatic heterocycles. The van der Waals surface area contributed by atoms with Gasteiger partial charge in [0.15, 0.2) is 0 Å². The molecule has 0 aliphatic carbocycles. The summed E-state index contributed by atoms with van der Waals surface area (Å²) in [5, 5.41) is 3.97. The molecule has 0 aliphatic rings. The summed E-state index contributed by atoms with van der Waals surface area (Å²) in [6.07, 6.45) is 0. The van der Waals surface area contributed by atoms with Gasteiger partial charge in [-0.1, -0.05) is 50.2 Å². The Morgan fingerprint density at radius 1 is 1.16 bits per heavy atom. The monoisotopic (exact) mass is 339 g/mol. The Balaban J connectivity index is 2.01. The largest absolute Gasteiger partial charge is 0.333 e. The Morgan fingerprint density at radius 3 is 2.40 bits per heavy atom. The molecule has 0 aliphatic heterocycles. The molecule has 7 nitrogen and oxygen atoms in total. The Labute approximate surface area is 145 Å². The van der Waals surface area contributed by atoms with Crippen LogP contribution >= 0.6 is 0 Å². The molecule has 2 heterocycles. The summed E-state index contributed by atoms with van der Waals surface area (Å²) < 4.78 is 5.30. The van der Waals surface area contributed by atoms with E-state index in [1.165, 1.54) is 0 Å². The normalized spacial score (nSPS) is 11.7. The molecule has 3 rings (SSSR count). The maximum Gasteiger partial charge on any atom is 0.265 e. The van der Waals surface area contributed by atoms with Gasteiger partial charge in [0.25, 0.3) is 11.4 Å². The summed E-state index contributed by atoms with van der Waals surface area (Å²) in [5.41, 5.74) is 7.72. The van der Waals surface area contributed by atoms with Gasteiger partial charge in [-0.2, -0.15) is 4.98 Å². The number of H-pyrrole nitrogens is 1. The Kier molecular flexibility index (Phi) is 4.26. The number of aromatic amines is 1. The lowest BCUT2D eigenvalue weighted by molar-refractivity contribution is 0.431. The quantitative estimate of drug-likeness (QED) is 0.758. The molecule has 0 spiro atoms. The molecule has 3 aromatic rings. The Morgan fingerprint density at radius 2 is 1.84 bits per heavy atom. The molecule has 1 aromatic carbocycles. The first kappa shape index (κ1) is 17.0. The average molecular weight is 339 g/mol. The van der Waals surface area contributed by atoms with E-state index >= 15 is 0 Å². The fraction of sp³-hybridized carbons (Fsp3) is 0.333. The number of nitrogens with two attached hydrogens (primary N) is 1. The zero-order valence-electron chi connectivity index (χ0n) is 14.8. The molecule has 3 N–H and O–H groups in total. The number of benzene rings is 1. The van der Waals surface area contributed by atoms with Crippen molar-refractivity contribution in [3.63, 3.8) is 0 Å². The highest BCUT2D eigenvalue weighted by Crippen LogP contribution is 2.24. The van der Waals surface area contributed by atoms with E-state index in [1.54, 1.807) is 6.92 Å². The third-order valence-electron chi connectivity index (χ3n) is 3.90. The van der Waals surface area contributed by atoms with Gasteiger partial charge in [0.1, 0.15) is 11.4 Å². The van der Waals surface area contributed by atoms with Gasteiger partial charge in [0.2, 0.25) is 5.82 Å². The first-order chi connectivity index (χ1) is 11.8.